The van der Waals surface area contributed by atoms with Crippen LogP contribution in [0.1, 0.15) is 13.8 Å². The fourth-order valence-electron chi connectivity index (χ4n) is 0.271. The molecule has 0 rings (SSSR count). The van der Waals surface area contributed by atoms with Crippen LogP contribution in [0, 0.1) is 0 Å². The summed E-state index contributed by atoms with van der Waals surface area (Å²) in [6, 6.07) is 0. The lowest BCUT2D eigenvalue weighted by Crippen LogP contribution is -2.17. The molecular weight excluding hydrogens is 164 g/mol. The molecule has 0 aromatic heterocycles. The molecule has 0 N–H and O–H groups in total. The molecule has 4 heteroatoms. The third kappa shape index (κ3) is 10.8. The van der Waals surface area contributed by atoms with E-state index in [9.17, 15) is 0 Å². The van der Waals surface area contributed by atoms with Gasteiger partial charge >= 0.3 is 0 Å². The minimum Gasteiger partial charge on any atom is -0.367 e. The van der Waals surface area contributed by atoms with Gasteiger partial charge in [-0.25, -0.2) is 4.99 Å². The molecule has 0 aromatic carbocycles. The van der Waals surface area contributed by atoms with Crippen molar-refractivity contribution in [2.24, 2.45) is 15.0 Å². The predicted octanol–water partition coefficient (Wildman–Crippen LogP) is 1.33. The third-order valence-electron chi connectivity index (χ3n) is 1.52. The minimum atomic E-state index is 0.731. The highest BCUT2D eigenvalue weighted by molar-refractivity contribution is 5.83. The quantitative estimate of drug-likeness (QED) is 0.413. The van der Waals surface area contributed by atoms with E-state index in [-0.39, 0.29) is 0 Å². The maximum atomic E-state index is 3.93. The average molecular weight is 184 g/mol. The normalized spacial score (nSPS) is 11.5. The fourth-order valence-corrected chi connectivity index (χ4v) is 0.271. The summed E-state index contributed by atoms with van der Waals surface area (Å²) in [5.41, 5.74) is 0. The zero-order valence-corrected chi connectivity index (χ0v) is 9.50. The van der Waals surface area contributed by atoms with E-state index in [0.29, 0.717) is 0 Å². The summed E-state index contributed by atoms with van der Waals surface area (Å²) >= 11 is 0. The van der Waals surface area contributed by atoms with E-state index >= 15 is 0 Å². The van der Waals surface area contributed by atoms with Crippen molar-refractivity contribution in [3.63, 3.8) is 0 Å². The summed E-state index contributed by atoms with van der Waals surface area (Å²) in [6.07, 6.45) is 0. The van der Waals surface area contributed by atoms with E-state index < -0.39 is 0 Å². The molecule has 0 aromatic rings. The predicted molar refractivity (Wildman–Crippen MR) is 61.3 cm³/mol. The van der Waals surface area contributed by atoms with Crippen molar-refractivity contribution in [3.05, 3.63) is 0 Å². The summed E-state index contributed by atoms with van der Waals surface area (Å²) in [7, 11) is 7.42. The lowest BCUT2D eigenvalue weighted by molar-refractivity contribution is 0.617. The van der Waals surface area contributed by atoms with E-state index in [4.69, 9.17) is 0 Å². The van der Waals surface area contributed by atoms with Crippen LogP contribution in [0.5, 0.6) is 0 Å². The summed E-state index contributed by atoms with van der Waals surface area (Å²) in [4.78, 5) is 13.1. The van der Waals surface area contributed by atoms with E-state index in [2.05, 4.69) is 21.7 Å². The first-order valence-corrected chi connectivity index (χ1v) is 4.00. The van der Waals surface area contributed by atoms with E-state index in [0.717, 1.165) is 11.7 Å². The highest BCUT2D eigenvalue weighted by Crippen LogP contribution is 1.76. The fraction of sp³-hybridized carbons (Fsp3) is 0.667. The van der Waals surface area contributed by atoms with Gasteiger partial charge in [-0.2, -0.15) is 0 Å². The van der Waals surface area contributed by atoms with Crippen molar-refractivity contribution in [3.8, 4) is 0 Å². The Kier molecular flexibility index (Phi) is 9.82. The zero-order valence-electron chi connectivity index (χ0n) is 9.50. The highest BCUT2D eigenvalue weighted by atomic mass is 15.1. The minimum absolute atomic E-state index is 0.731. The van der Waals surface area contributed by atoms with Gasteiger partial charge in [0.25, 0.3) is 0 Å². The van der Waals surface area contributed by atoms with Crippen LogP contribution in [0.25, 0.3) is 0 Å². The molecule has 0 atom stereocenters. The number of hydrogen-bond donors (Lipinski definition) is 0. The number of nitrogens with zero attached hydrogens (tertiary/aromatic N) is 4. The van der Waals surface area contributed by atoms with Crippen LogP contribution < -0.4 is 0 Å². The van der Waals surface area contributed by atoms with Gasteiger partial charge in [0.15, 0.2) is 0 Å². The molecule has 0 heterocycles. The second kappa shape index (κ2) is 8.90. The molecule has 0 aliphatic rings. The monoisotopic (exact) mass is 184 g/mol. The molecule has 0 radical (unpaired) electrons. The van der Waals surface area contributed by atoms with Crippen LogP contribution in [0.2, 0.25) is 0 Å². The topological polar surface area (TPSA) is 40.3 Å². The van der Waals surface area contributed by atoms with Crippen LogP contribution in [-0.4, -0.2) is 51.5 Å². The van der Waals surface area contributed by atoms with Crippen molar-refractivity contribution in [1.29, 1.82) is 0 Å². The SMILES string of the molecule is C=NC(C)=NC.CN=C(C)N(C)C. The Morgan fingerprint density at radius 1 is 1.08 bits per heavy atom. The van der Waals surface area contributed by atoms with Crippen LogP contribution in [-0.2, 0) is 0 Å². The number of hydrogen-bond acceptors (Lipinski definition) is 2. The van der Waals surface area contributed by atoms with Crippen LogP contribution in [0.4, 0.5) is 0 Å². The number of amidine groups is 2. The molecule has 0 aliphatic carbocycles. The van der Waals surface area contributed by atoms with Crippen molar-refractivity contribution < 1.29 is 0 Å². The van der Waals surface area contributed by atoms with Crippen molar-refractivity contribution >= 4 is 18.4 Å². The Bertz CT molecular complexity index is 192. The first kappa shape index (κ1) is 14.3. The summed E-state index contributed by atoms with van der Waals surface area (Å²) in [6.45, 7) is 7.02. The Balaban J connectivity index is 0. The first-order chi connectivity index (χ1) is 5.99. The third-order valence-corrected chi connectivity index (χ3v) is 1.52. The van der Waals surface area contributed by atoms with Crippen LogP contribution >= 0.6 is 0 Å². The molecule has 0 amide bonds. The average Bonchev–Trinajstić information content (AvgIpc) is 2.16. The molecule has 0 fully saturated rings. The maximum absolute atomic E-state index is 3.93. The van der Waals surface area contributed by atoms with Gasteiger partial charge in [-0.05, 0) is 20.6 Å². The molecule has 13 heavy (non-hydrogen) atoms. The Hall–Kier alpha value is -1.19. The first-order valence-electron chi connectivity index (χ1n) is 4.00. The lowest BCUT2D eigenvalue weighted by Gasteiger charge is -2.08. The summed E-state index contributed by atoms with van der Waals surface area (Å²) in [5, 5.41) is 0. The zero-order chi connectivity index (χ0) is 10.9. The van der Waals surface area contributed by atoms with Gasteiger partial charge in [-0.15, -0.1) is 0 Å². The molecule has 0 unspecified atom stereocenters. The summed E-state index contributed by atoms with van der Waals surface area (Å²) in [5.74, 6) is 1.79. The highest BCUT2D eigenvalue weighted by Gasteiger charge is 1.85. The smallest absolute Gasteiger partial charge is 0.119 e. The van der Waals surface area contributed by atoms with Crippen molar-refractivity contribution in [1.82, 2.24) is 4.90 Å². The van der Waals surface area contributed by atoms with E-state index in [1.54, 1.807) is 21.0 Å². The van der Waals surface area contributed by atoms with Gasteiger partial charge in [0.1, 0.15) is 5.84 Å². The largest absolute Gasteiger partial charge is 0.367 e. The van der Waals surface area contributed by atoms with Gasteiger partial charge in [-0.1, -0.05) is 0 Å². The van der Waals surface area contributed by atoms with E-state index in [1.807, 2.05) is 25.9 Å². The van der Waals surface area contributed by atoms with Gasteiger partial charge in [0.2, 0.25) is 0 Å². The van der Waals surface area contributed by atoms with Crippen LogP contribution in [0.15, 0.2) is 15.0 Å². The van der Waals surface area contributed by atoms with Crippen LogP contribution in [0.3, 0.4) is 0 Å². The molecule has 0 spiro atoms. The molecular formula is C9H20N4. The van der Waals surface area contributed by atoms with Gasteiger partial charge in [0.05, 0.1) is 5.84 Å². The molecule has 0 saturated carbocycles. The van der Waals surface area contributed by atoms with Crippen molar-refractivity contribution in [2.75, 3.05) is 28.2 Å². The maximum Gasteiger partial charge on any atom is 0.119 e. The molecule has 76 valence electrons. The second-order valence-electron chi connectivity index (χ2n) is 2.59. The standard InChI is InChI=1S/C5H12N2.C4H8N2/c1-5(6-2)7(3)4;1-4(5-2)6-3/h1-4H3;2H2,1,3H3. The Morgan fingerprint density at radius 2 is 1.54 bits per heavy atom. The van der Waals surface area contributed by atoms with Gasteiger partial charge in [0, 0.05) is 28.2 Å². The lowest BCUT2D eigenvalue weighted by atomic mass is 10.6. The molecule has 0 bridgehead atoms. The van der Waals surface area contributed by atoms with E-state index in [1.165, 1.54) is 0 Å². The molecule has 0 aliphatic heterocycles. The summed E-state index contributed by atoms with van der Waals surface area (Å²) < 4.78 is 0. The molecule has 4 nitrogen and oxygen atoms in total. The van der Waals surface area contributed by atoms with Crippen molar-refractivity contribution in [2.45, 2.75) is 13.8 Å². The molecule has 0 saturated heterocycles. The number of rotatable bonds is 0. The Morgan fingerprint density at radius 3 is 1.54 bits per heavy atom. The Labute approximate surface area is 81.1 Å². The van der Waals surface area contributed by atoms with Gasteiger partial charge < -0.3 is 4.90 Å². The van der Waals surface area contributed by atoms with Gasteiger partial charge in [-0.3, -0.25) is 9.98 Å². The second-order valence-corrected chi connectivity index (χ2v) is 2.59. The number of aliphatic imine (C=N–C) groups is 3.